The molecule has 5 amide bonds. The molecule has 0 spiro atoms. The first-order valence-corrected chi connectivity index (χ1v) is 25.6. The Bertz CT molecular complexity index is 2740. The second-order valence-corrected chi connectivity index (χ2v) is 18.6. The van der Waals surface area contributed by atoms with Crippen molar-refractivity contribution in [2.45, 2.75) is 83.6 Å². The number of carbonyl (C=O) groups is 6. The lowest BCUT2D eigenvalue weighted by Crippen LogP contribution is -2.35. The maximum absolute atomic E-state index is 13.5. The molecule has 8 rings (SSSR count). The van der Waals surface area contributed by atoms with Crippen LogP contribution in [0.3, 0.4) is 0 Å². The van der Waals surface area contributed by atoms with E-state index in [1.807, 2.05) is 59.5 Å². The molecule has 5 heterocycles. The molecule has 0 bridgehead atoms. The van der Waals surface area contributed by atoms with Crippen molar-refractivity contribution in [1.29, 1.82) is 0 Å². The van der Waals surface area contributed by atoms with Crippen molar-refractivity contribution in [2.24, 2.45) is 9.98 Å². The average Bonchev–Trinajstić information content (AvgIpc) is 4.15. The monoisotopic (exact) mass is 1030 g/mol. The van der Waals surface area contributed by atoms with E-state index in [-0.39, 0.29) is 93.2 Å². The number of hydrogen-bond acceptors (Lipinski definition) is 15. The molecule has 396 valence electrons. The fraction of sp³-hybridized carbons (Fsp3) is 0.464. The molecule has 1 N–H and O–H groups in total. The fourth-order valence-electron chi connectivity index (χ4n) is 9.26. The van der Waals surface area contributed by atoms with E-state index in [4.69, 9.17) is 38.2 Å². The van der Waals surface area contributed by atoms with Gasteiger partial charge in [-0.25, -0.2) is 0 Å². The summed E-state index contributed by atoms with van der Waals surface area (Å²) in [5, 5.41) is 2.82. The summed E-state index contributed by atoms with van der Waals surface area (Å²) in [5.74, 6) is 6.57. The van der Waals surface area contributed by atoms with Crippen molar-refractivity contribution >= 4 is 59.1 Å². The zero-order chi connectivity index (χ0) is 52.5. The van der Waals surface area contributed by atoms with Gasteiger partial charge in [-0.3, -0.25) is 43.7 Å². The summed E-state index contributed by atoms with van der Waals surface area (Å²) in [6.07, 6.45) is 10.9. The summed E-state index contributed by atoms with van der Waals surface area (Å²) in [6, 6.07) is 12.9. The fourth-order valence-corrected chi connectivity index (χ4v) is 9.26. The number of nitrogens with zero attached hydrogens (tertiary/aromatic N) is 5. The van der Waals surface area contributed by atoms with Crippen LogP contribution in [0, 0.1) is 18.8 Å². The van der Waals surface area contributed by atoms with E-state index in [2.05, 4.69) is 22.2 Å². The number of hydrogen-bond donors (Lipinski definition) is 1. The summed E-state index contributed by atoms with van der Waals surface area (Å²) in [7, 11) is 1.54. The highest BCUT2D eigenvalue weighted by Crippen LogP contribution is 2.39. The van der Waals surface area contributed by atoms with Crippen molar-refractivity contribution < 1.29 is 61.9 Å². The topological polar surface area (TPSA) is 214 Å². The lowest BCUT2D eigenvalue weighted by atomic mass is 10.1. The molecule has 5 aliphatic rings. The van der Waals surface area contributed by atoms with Crippen LogP contribution in [-0.4, -0.2) is 161 Å². The van der Waals surface area contributed by atoms with Gasteiger partial charge in [0.25, 0.3) is 23.6 Å². The first-order valence-electron chi connectivity index (χ1n) is 25.6. The maximum atomic E-state index is 13.5. The number of aryl methyl sites for hydroxylation is 1. The number of amides is 5. The van der Waals surface area contributed by atoms with Crippen molar-refractivity contribution in [1.82, 2.24) is 20.0 Å². The third-order valence-electron chi connectivity index (χ3n) is 13.2. The van der Waals surface area contributed by atoms with Crippen LogP contribution in [0.15, 0.2) is 64.6 Å². The van der Waals surface area contributed by atoms with E-state index in [1.54, 1.807) is 12.1 Å². The molecule has 0 aromatic heterocycles. The van der Waals surface area contributed by atoms with Gasteiger partial charge in [0.05, 0.1) is 94.5 Å². The van der Waals surface area contributed by atoms with Crippen LogP contribution >= 0.6 is 0 Å². The van der Waals surface area contributed by atoms with E-state index in [0.29, 0.717) is 111 Å². The smallest absolute Gasteiger partial charge is 0.256 e. The van der Waals surface area contributed by atoms with E-state index in [1.165, 1.54) is 19.3 Å². The van der Waals surface area contributed by atoms with Crippen LogP contribution in [-0.2, 0) is 51.3 Å². The number of aliphatic imine (C=N–C) groups is 2. The Labute approximate surface area is 436 Å². The van der Waals surface area contributed by atoms with Crippen molar-refractivity contribution in [3.63, 3.8) is 0 Å². The second kappa shape index (κ2) is 26.8. The molecule has 0 unspecified atom stereocenters. The van der Waals surface area contributed by atoms with Crippen molar-refractivity contribution in [3.05, 3.63) is 88.0 Å². The summed E-state index contributed by atoms with van der Waals surface area (Å²) in [4.78, 5) is 88.9. The summed E-state index contributed by atoms with van der Waals surface area (Å²) < 4.78 is 40.6. The standard InChI is InChI=1S/C56H64N6O13/c1-38-27-45-47(58-34-42-8-4-16-60(42)55(45)67)32-49(38)74-36-40-28-39(29-41(30-40)37-75-51-33-48-46(31-50(51)69-2)56(68)61-17-5-9-43(61)35-59-48)7-3-15-57-52(64)14-20-71-22-24-73-26-25-72-23-21-70-19-6-10-44(63)13-18-62-53(65)11-12-54(62)66/h11-12,27-35,42-43H,4-6,8-10,13-26,36-37H2,1-2H3,(H,57,64)/t42-,43-/m0/s1. The minimum absolute atomic E-state index is 0.00149. The van der Waals surface area contributed by atoms with Gasteiger partial charge in [0.1, 0.15) is 24.7 Å². The molecule has 75 heavy (non-hydrogen) atoms. The van der Waals surface area contributed by atoms with Gasteiger partial charge in [-0.2, -0.15) is 0 Å². The SMILES string of the molecule is COc1cc2c(cc1OCc1cc(C#CCNC(=O)CCOCCOCCOCCOCCCC(=O)CCN3C(=O)C=CC3=O)cc(COc3cc4c(cc3C)C(=O)N3CCC[C@H]3C=N4)c1)N=C[C@@H]1CCCN1C2=O. The highest BCUT2D eigenvalue weighted by molar-refractivity contribution is 6.13. The van der Waals surface area contributed by atoms with Gasteiger partial charge in [-0.05, 0) is 86.1 Å². The zero-order valence-electron chi connectivity index (χ0n) is 42.6. The van der Waals surface area contributed by atoms with Crippen molar-refractivity contribution in [2.75, 3.05) is 86.1 Å². The predicted octanol–water partition coefficient (Wildman–Crippen LogP) is 5.39. The first-order chi connectivity index (χ1) is 36.5. The molecule has 3 aromatic carbocycles. The van der Waals surface area contributed by atoms with Crippen LogP contribution in [0.5, 0.6) is 17.2 Å². The van der Waals surface area contributed by atoms with Crippen LogP contribution < -0.4 is 19.5 Å². The Hall–Kier alpha value is -7.24. The van der Waals surface area contributed by atoms with E-state index in [0.717, 1.165) is 53.8 Å². The maximum Gasteiger partial charge on any atom is 0.256 e. The largest absolute Gasteiger partial charge is 0.493 e. The molecule has 0 saturated carbocycles. The molecule has 5 aliphatic heterocycles. The Balaban J connectivity index is 0.768. The van der Waals surface area contributed by atoms with Gasteiger partial charge < -0.3 is 48.3 Å². The first kappa shape index (κ1) is 54.0. The molecule has 2 saturated heterocycles. The molecule has 2 fully saturated rings. The Kier molecular flexibility index (Phi) is 19.3. The highest BCUT2D eigenvalue weighted by Gasteiger charge is 2.34. The van der Waals surface area contributed by atoms with Gasteiger partial charge in [0, 0.05) is 87.8 Å². The normalized spacial score (nSPS) is 17.3. The van der Waals surface area contributed by atoms with Crippen LogP contribution in [0.4, 0.5) is 11.4 Å². The Morgan fingerprint density at radius 1 is 0.653 bits per heavy atom. The number of methoxy groups -OCH3 is 1. The summed E-state index contributed by atoms with van der Waals surface area (Å²) in [5.41, 5.74) is 5.23. The molecule has 0 aliphatic carbocycles. The third-order valence-corrected chi connectivity index (χ3v) is 13.2. The molecule has 19 nitrogen and oxygen atoms in total. The lowest BCUT2D eigenvalue weighted by Gasteiger charge is -2.20. The number of carbonyl (C=O) groups excluding carboxylic acids is 6. The quantitative estimate of drug-likeness (QED) is 0.0577. The average molecular weight is 1030 g/mol. The lowest BCUT2D eigenvalue weighted by molar-refractivity contribution is -0.137. The number of nitrogens with one attached hydrogen (secondary N) is 1. The zero-order valence-corrected chi connectivity index (χ0v) is 42.6. The van der Waals surface area contributed by atoms with Gasteiger partial charge >= 0.3 is 0 Å². The summed E-state index contributed by atoms with van der Waals surface area (Å²) >= 11 is 0. The Morgan fingerprint density at radius 3 is 1.83 bits per heavy atom. The molecular formula is C56H64N6O13. The van der Waals surface area contributed by atoms with E-state index in [9.17, 15) is 28.8 Å². The van der Waals surface area contributed by atoms with E-state index < -0.39 is 0 Å². The number of Topliss-reactive ketones (excluding diaryl/α,β-unsaturated/α-hetero) is 1. The summed E-state index contributed by atoms with van der Waals surface area (Å²) in [6.45, 7) is 6.60. The minimum atomic E-state index is -0.389. The molecule has 2 atom stereocenters. The number of ketones is 1. The number of ether oxygens (including phenoxy) is 7. The second-order valence-electron chi connectivity index (χ2n) is 18.6. The number of rotatable bonds is 27. The van der Waals surface area contributed by atoms with Gasteiger partial charge in [-0.15, -0.1) is 0 Å². The third kappa shape index (κ3) is 14.8. The van der Waals surface area contributed by atoms with Gasteiger partial charge in [-0.1, -0.05) is 11.8 Å². The number of imide groups is 1. The predicted molar refractivity (Wildman–Crippen MR) is 276 cm³/mol. The Morgan fingerprint density at radius 2 is 1.21 bits per heavy atom. The molecular weight excluding hydrogens is 965 g/mol. The highest BCUT2D eigenvalue weighted by atomic mass is 16.6. The number of fused-ring (bicyclic) bond motifs is 4. The van der Waals surface area contributed by atoms with Crippen molar-refractivity contribution in [3.8, 4) is 29.1 Å². The van der Waals surface area contributed by atoms with E-state index >= 15 is 0 Å². The molecule has 0 radical (unpaired) electrons. The van der Waals surface area contributed by atoms with Gasteiger partial charge in [0.15, 0.2) is 11.5 Å². The van der Waals surface area contributed by atoms with Crippen LogP contribution in [0.2, 0.25) is 0 Å². The minimum Gasteiger partial charge on any atom is -0.493 e. The van der Waals surface area contributed by atoms with Gasteiger partial charge in [0.2, 0.25) is 5.91 Å². The molecule has 3 aromatic rings. The molecule has 19 heteroatoms. The van der Waals surface area contributed by atoms with Crippen LogP contribution in [0.1, 0.15) is 94.3 Å². The number of benzene rings is 3. The van der Waals surface area contributed by atoms with Crippen LogP contribution in [0.25, 0.3) is 0 Å².